The van der Waals surface area contributed by atoms with Crippen molar-refractivity contribution in [3.05, 3.63) is 47.4 Å². The molecule has 1 aliphatic heterocycles. The SMILES string of the molecule is NC1CCNc2nc(ncc2C(=O)NCc2ccc(F)cc2)NCCCCCCCCNC1=O. The molecule has 1 atom stereocenters. The van der Waals surface area contributed by atoms with Crippen LogP contribution in [0.3, 0.4) is 0 Å². The molecule has 34 heavy (non-hydrogen) atoms. The third-order valence-corrected chi connectivity index (χ3v) is 5.67. The van der Waals surface area contributed by atoms with Crippen LogP contribution in [0.25, 0.3) is 0 Å². The Morgan fingerprint density at radius 3 is 2.41 bits per heavy atom. The number of rotatable bonds is 3. The summed E-state index contributed by atoms with van der Waals surface area (Å²) in [4.78, 5) is 33.8. The summed E-state index contributed by atoms with van der Waals surface area (Å²) in [7, 11) is 0. The zero-order chi connectivity index (χ0) is 24.2. The van der Waals surface area contributed by atoms with Gasteiger partial charge in [0.15, 0.2) is 0 Å². The highest BCUT2D eigenvalue weighted by atomic mass is 19.1. The lowest BCUT2D eigenvalue weighted by molar-refractivity contribution is -0.122. The van der Waals surface area contributed by atoms with Crippen LogP contribution in [0.5, 0.6) is 0 Å². The Morgan fingerprint density at radius 2 is 1.68 bits per heavy atom. The first-order valence-corrected chi connectivity index (χ1v) is 11.9. The average Bonchev–Trinajstić information content (AvgIpc) is 2.84. The number of nitrogens with one attached hydrogen (secondary N) is 4. The van der Waals surface area contributed by atoms with E-state index in [0.29, 0.717) is 31.3 Å². The second-order valence-electron chi connectivity index (χ2n) is 8.43. The van der Waals surface area contributed by atoms with Gasteiger partial charge in [-0.2, -0.15) is 4.98 Å². The molecule has 2 aromatic rings. The lowest BCUT2D eigenvalue weighted by atomic mass is 10.1. The van der Waals surface area contributed by atoms with Crippen LogP contribution in [-0.2, 0) is 11.3 Å². The molecule has 9 nitrogen and oxygen atoms in total. The van der Waals surface area contributed by atoms with E-state index < -0.39 is 6.04 Å². The fourth-order valence-electron chi connectivity index (χ4n) is 3.62. The van der Waals surface area contributed by atoms with Crippen molar-refractivity contribution in [2.75, 3.05) is 30.3 Å². The highest BCUT2D eigenvalue weighted by Crippen LogP contribution is 2.15. The van der Waals surface area contributed by atoms with E-state index in [1.165, 1.54) is 18.3 Å². The molecule has 1 aromatic carbocycles. The summed E-state index contributed by atoms with van der Waals surface area (Å²) in [5.74, 6) is -0.0709. The third-order valence-electron chi connectivity index (χ3n) is 5.67. The van der Waals surface area contributed by atoms with E-state index in [1.54, 1.807) is 12.1 Å². The quantitative estimate of drug-likeness (QED) is 0.464. The van der Waals surface area contributed by atoms with E-state index in [9.17, 15) is 14.0 Å². The molecule has 0 radical (unpaired) electrons. The topological polar surface area (TPSA) is 134 Å². The van der Waals surface area contributed by atoms with Crippen LogP contribution in [0.4, 0.5) is 16.2 Å². The number of nitrogens with zero attached hydrogens (tertiary/aromatic N) is 2. The van der Waals surface area contributed by atoms with Crippen molar-refractivity contribution in [3.63, 3.8) is 0 Å². The summed E-state index contributed by atoms with van der Waals surface area (Å²) < 4.78 is 13.1. The van der Waals surface area contributed by atoms with E-state index in [0.717, 1.165) is 50.6 Å². The molecule has 2 amide bonds. The van der Waals surface area contributed by atoms with Gasteiger partial charge < -0.3 is 27.0 Å². The molecule has 2 bridgehead atoms. The Hall–Kier alpha value is -3.27. The van der Waals surface area contributed by atoms with Gasteiger partial charge in [-0.3, -0.25) is 9.59 Å². The zero-order valence-electron chi connectivity index (χ0n) is 19.4. The predicted octanol–water partition coefficient (Wildman–Crippen LogP) is 2.56. The highest BCUT2D eigenvalue weighted by Gasteiger charge is 2.17. The van der Waals surface area contributed by atoms with Crippen LogP contribution in [0.1, 0.15) is 60.9 Å². The van der Waals surface area contributed by atoms with Crippen LogP contribution >= 0.6 is 0 Å². The molecule has 0 saturated carbocycles. The summed E-state index contributed by atoms with van der Waals surface area (Å²) in [6.45, 7) is 1.98. The predicted molar refractivity (Wildman–Crippen MR) is 130 cm³/mol. The number of fused-ring (bicyclic) bond motifs is 2. The number of aromatic nitrogens is 2. The molecular formula is C24H34FN7O2. The molecule has 184 valence electrons. The van der Waals surface area contributed by atoms with Gasteiger partial charge in [-0.25, -0.2) is 9.37 Å². The van der Waals surface area contributed by atoms with Crippen molar-refractivity contribution in [2.24, 2.45) is 5.73 Å². The summed E-state index contributed by atoms with van der Waals surface area (Å²) in [5, 5.41) is 12.1. The zero-order valence-corrected chi connectivity index (χ0v) is 19.4. The van der Waals surface area contributed by atoms with Gasteiger partial charge in [0.2, 0.25) is 11.9 Å². The Kier molecular flexibility index (Phi) is 10.0. The molecule has 6 N–H and O–H groups in total. The second kappa shape index (κ2) is 13.4. The minimum Gasteiger partial charge on any atom is -0.369 e. The number of carbonyl (C=O) groups excluding carboxylic acids is 2. The first-order chi connectivity index (χ1) is 16.5. The normalized spacial score (nSPS) is 18.4. The lowest BCUT2D eigenvalue weighted by Crippen LogP contribution is -2.42. The standard InChI is InChI=1S/C24H34FN7O2/c25-18-9-7-17(8-10-18)15-30-22(33)19-16-31-24-29-13-6-4-2-1-3-5-12-28-23(34)20(26)11-14-27-21(19)32-24/h7-10,16,20H,1-6,11-15,26H2,(H,28,34)(H,30,33)(H2,27,29,31,32). The van der Waals surface area contributed by atoms with Gasteiger partial charge in [-0.05, 0) is 37.0 Å². The van der Waals surface area contributed by atoms with Crippen LogP contribution < -0.4 is 27.0 Å². The van der Waals surface area contributed by atoms with Gasteiger partial charge >= 0.3 is 0 Å². The number of hydrogen-bond donors (Lipinski definition) is 5. The Morgan fingerprint density at radius 1 is 1.00 bits per heavy atom. The average molecular weight is 472 g/mol. The molecular weight excluding hydrogens is 437 g/mol. The number of anilines is 2. The maximum atomic E-state index is 13.1. The summed E-state index contributed by atoms with van der Waals surface area (Å²) >= 11 is 0. The van der Waals surface area contributed by atoms with Crippen molar-refractivity contribution in [3.8, 4) is 0 Å². The minimum absolute atomic E-state index is 0.176. The third kappa shape index (κ3) is 8.26. The van der Waals surface area contributed by atoms with Crippen molar-refractivity contribution in [2.45, 2.75) is 57.5 Å². The number of benzene rings is 1. The number of nitrogens with two attached hydrogens (primary N) is 1. The van der Waals surface area contributed by atoms with Crippen LogP contribution in [0.15, 0.2) is 30.5 Å². The van der Waals surface area contributed by atoms with Gasteiger partial charge in [-0.15, -0.1) is 0 Å². The van der Waals surface area contributed by atoms with Gasteiger partial charge in [0, 0.05) is 32.4 Å². The molecule has 1 unspecified atom stereocenters. The summed E-state index contributed by atoms with van der Waals surface area (Å²) in [5.41, 5.74) is 7.08. The number of halogens is 1. The summed E-state index contributed by atoms with van der Waals surface area (Å²) in [6, 6.07) is 5.27. The van der Waals surface area contributed by atoms with Crippen LogP contribution in [0, 0.1) is 5.82 Å². The Bertz CT molecular complexity index is 939. The largest absolute Gasteiger partial charge is 0.369 e. The van der Waals surface area contributed by atoms with Gasteiger partial charge in [0.05, 0.1) is 6.04 Å². The molecule has 10 heteroatoms. The maximum absolute atomic E-state index is 13.1. The number of carbonyl (C=O) groups is 2. The highest BCUT2D eigenvalue weighted by molar-refractivity contribution is 5.98. The first-order valence-electron chi connectivity index (χ1n) is 11.9. The van der Waals surface area contributed by atoms with Crippen molar-refractivity contribution in [1.29, 1.82) is 0 Å². The van der Waals surface area contributed by atoms with E-state index in [2.05, 4.69) is 31.2 Å². The van der Waals surface area contributed by atoms with Crippen LogP contribution in [-0.4, -0.2) is 47.5 Å². The van der Waals surface area contributed by atoms with Gasteiger partial charge in [0.25, 0.3) is 5.91 Å². The molecule has 0 fully saturated rings. The van der Waals surface area contributed by atoms with E-state index in [4.69, 9.17) is 5.73 Å². The van der Waals surface area contributed by atoms with Crippen molar-refractivity contribution >= 4 is 23.6 Å². The van der Waals surface area contributed by atoms with Gasteiger partial charge in [-0.1, -0.05) is 37.8 Å². The molecule has 1 aliphatic rings. The van der Waals surface area contributed by atoms with E-state index in [1.807, 2.05) is 0 Å². The fraction of sp³-hybridized carbons (Fsp3) is 0.500. The smallest absolute Gasteiger partial charge is 0.256 e. The number of hydrogen-bond acceptors (Lipinski definition) is 7. The molecule has 3 rings (SSSR count). The maximum Gasteiger partial charge on any atom is 0.256 e. The molecule has 0 saturated heterocycles. The Balaban J connectivity index is 1.68. The van der Waals surface area contributed by atoms with E-state index >= 15 is 0 Å². The monoisotopic (exact) mass is 471 g/mol. The lowest BCUT2D eigenvalue weighted by Gasteiger charge is -2.16. The Labute approximate surface area is 199 Å². The molecule has 0 aliphatic carbocycles. The van der Waals surface area contributed by atoms with Gasteiger partial charge in [0.1, 0.15) is 17.2 Å². The minimum atomic E-state index is -0.651. The van der Waals surface area contributed by atoms with Crippen molar-refractivity contribution in [1.82, 2.24) is 20.6 Å². The fourth-order valence-corrected chi connectivity index (χ4v) is 3.62. The number of amides is 2. The molecule has 0 spiro atoms. The first kappa shape index (κ1) is 25.4. The molecule has 2 heterocycles. The van der Waals surface area contributed by atoms with E-state index in [-0.39, 0.29) is 29.7 Å². The second-order valence-corrected chi connectivity index (χ2v) is 8.43. The summed E-state index contributed by atoms with van der Waals surface area (Å²) in [6.07, 6.45) is 8.25. The molecule has 1 aromatic heterocycles. The van der Waals surface area contributed by atoms with Crippen LogP contribution in [0.2, 0.25) is 0 Å². The van der Waals surface area contributed by atoms with Crippen molar-refractivity contribution < 1.29 is 14.0 Å².